The van der Waals surface area contributed by atoms with Gasteiger partial charge < -0.3 is 15.6 Å². The van der Waals surface area contributed by atoms with E-state index in [4.69, 9.17) is 9.97 Å². The summed E-state index contributed by atoms with van der Waals surface area (Å²) in [6.07, 6.45) is 11.2. The van der Waals surface area contributed by atoms with Crippen LogP contribution in [0.25, 0.3) is 56.1 Å². The summed E-state index contributed by atoms with van der Waals surface area (Å²) in [6, 6.07) is 11.6. The fraction of sp³-hybridized carbons (Fsp3) is 0.207. The third kappa shape index (κ3) is 4.67. The zero-order valence-corrected chi connectivity index (χ0v) is 21.6. The minimum atomic E-state index is 0.00975. The number of aromatic amines is 2. The number of hydrogen-bond acceptors (Lipinski definition) is 8. The summed E-state index contributed by atoms with van der Waals surface area (Å²) in [5.74, 6) is 0.984. The van der Waals surface area contributed by atoms with Crippen molar-refractivity contribution >= 4 is 33.8 Å². The summed E-state index contributed by atoms with van der Waals surface area (Å²) in [5.41, 5.74) is 7.49. The van der Waals surface area contributed by atoms with Crippen molar-refractivity contribution in [2.45, 2.75) is 19.3 Å². The van der Waals surface area contributed by atoms with Crippen molar-refractivity contribution in [2.24, 2.45) is 5.92 Å². The molecule has 1 amide bonds. The van der Waals surface area contributed by atoms with E-state index in [1.54, 1.807) is 24.8 Å². The molecule has 0 radical (unpaired) electrons. The molecule has 0 spiro atoms. The van der Waals surface area contributed by atoms with Crippen molar-refractivity contribution in [3.63, 3.8) is 0 Å². The lowest BCUT2D eigenvalue weighted by Gasteiger charge is -2.21. The normalized spacial score (nSPS) is 14.1. The van der Waals surface area contributed by atoms with Crippen LogP contribution in [-0.2, 0) is 4.79 Å². The van der Waals surface area contributed by atoms with Gasteiger partial charge in [0.2, 0.25) is 5.91 Å². The third-order valence-corrected chi connectivity index (χ3v) is 7.25. The van der Waals surface area contributed by atoms with E-state index in [1.165, 1.54) is 0 Å². The Bertz CT molecular complexity index is 1820. The van der Waals surface area contributed by atoms with Gasteiger partial charge in [-0.25, -0.2) is 15.0 Å². The molecule has 6 aromatic heterocycles. The van der Waals surface area contributed by atoms with Gasteiger partial charge in [-0.05, 0) is 62.2 Å². The van der Waals surface area contributed by atoms with Gasteiger partial charge in [-0.1, -0.05) is 6.07 Å². The number of imidazole rings is 1. The number of fused-ring (bicyclic) bond motifs is 2. The largest absolute Gasteiger partial charge is 0.335 e. The van der Waals surface area contributed by atoms with E-state index in [1.807, 2.05) is 42.6 Å². The molecule has 40 heavy (non-hydrogen) atoms. The van der Waals surface area contributed by atoms with E-state index in [-0.39, 0.29) is 5.91 Å². The van der Waals surface area contributed by atoms with E-state index < -0.39 is 0 Å². The van der Waals surface area contributed by atoms with Gasteiger partial charge in [0.25, 0.3) is 0 Å². The molecule has 0 aromatic carbocycles. The molecule has 0 bridgehead atoms. The fourth-order valence-electron chi connectivity index (χ4n) is 5.22. The molecule has 1 aliphatic heterocycles. The highest BCUT2D eigenvalue weighted by atomic mass is 16.1. The maximum Gasteiger partial charge on any atom is 0.224 e. The zero-order valence-electron chi connectivity index (χ0n) is 21.6. The summed E-state index contributed by atoms with van der Waals surface area (Å²) in [7, 11) is 0. The summed E-state index contributed by atoms with van der Waals surface area (Å²) >= 11 is 0. The third-order valence-electron chi connectivity index (χ3n) is 7.25. The van der Waals surface area contributed by atoms with E-state index in [0.29, 0.717) is 46.4 Å². The second-order valence-corrected chi connectivity index (χ2v) is 9.96. The Balaban J connectivity index is 1.19. The lowest BCUT2D eigenvalue weighted by Crippen LogP contribution is -2.30. The molecule has 0 atom stereocenters. The smallest absolute Gasteiger partial charge is 0.224 e. The topological polar surface area (TPSA) is 150 Å². The van der Waals surface area contributed by atoms with Crippen LogP contribution in [0.2, 0.25) is 0 Å². The van der Waals surface area contributed by atoms with Crippen LogP contribution < -0.4 is 10.6 Å². The van der Waals surface area contributed by atoms with Crippen LogP contribution in [0.1, 0.15) is 19.3 Å². The highest BCUT2D eigenvalue weighted by Gasteiger charge is 2.19. The Morgan fingerprint density at radius 3 is 2.75 bits per heavy atom. The van der Waals surface area contributed by atoms with Gasteiger partial charge in [-0.2, -0.15) is 5.10 Å². The van der Waals surface area contributed by atoms with Crippen molar-refractivity contribution in [3.8, 4) is 33.9 Å². The molecule has 0 unspecified atom stereocenters. The number of amides is 1. The number of piperidine rings is 1. The van der Waals surface area contributed by atoms with Gasteiger partial charge in [0.15, 0.2) is 17.2 Å². The van der Waals surface area contributed by atoms with Crippen molar-refractivity contribution in [2.75, 3.05) is 18.4 Å². The standard InChI is InChI=1S/C29H26N10O/c40-24(12-17-5-9-30-10-6-17)34-20-13-19(15-32-16-20)22-3-4-23-26(35-22)27(39-38-23)29-36-25-21(7-11-33-28(25)37-29)18-2-1-8-31-14-18/h1-4,7-8,11,13-17,30H,5-6,9-10,12H2,(H,34,40)(H,38,39)(H,33,36,37). The number of anilines is 1. The minimum absolute atomic E-state index is 0.00975. The second-order valence-electron chi connectivity index (χ2n) is 9.96. The zero-order chi connectivity index (χ0) is 26.9. The van der Waals surface area contributed by atoms with Crippen LogP contribution in [0.15, 0.2) is 67.4 Å². The van der Waals surface area contributed by atoms with E-state index in [2.05, 4.69) is 40.8 Å². The number of aromatic nitrogens is 8. The molecule has 4 N–H and O–H groups in total. The quantitative estimate of drug-likeness (QED) is 0.248. The predicted octanol–water partition coefficient (Wildman–Crippen LogP) is 4.35. The minimum Gasteiger partial charge on any atom is -0.335 e. The summed E-state index contributed by atoms with van der Waals surface area (Å²) < 4.78 is 0. The monoisotopic (exact) mass is 530 g/mol. The van der Waals surface area contributed by atoms with Crippen LogP contribution >= 0.6 is 0 Å². The van der Waals surface area contributed by atoms with E-state index in [9.17, 15) is 4.79 Å². The highest BCUT2D eigenvalue weighted by molar-refractivity contribution is 5.95. The number of carbonyl (C=O) groups is 1. The Kier molecular flexibility index (Phi) is 6.17. The maximum absolute atomic E-state index is 12.7. The van der Waals surface area contributed by atoms with E-state index >= 15 is 0 Å². The molecule has 198 valence electrons. The Labute approximate surface area is 228 Å². The first-order valence-electron chi connectivity index (χ1n) is 13.3. The predicted molar refractivity (Wildman–Crippen MR) is 152 cm³/mol. The van der Waals surface area contributed by atoms with Crippen LogP contribution in [0.5, 0.6) is 0 Å². The number of hydrogen-bond donors (Lipinski definition) is 4. The Morgan fingerprint density at radius 1 is 0.975 bits per heavy atom. The molecule has 11 nitrogen and oxygen atoms in total. The summed E-state index contributed by atoms with van der Waals surface area (Å²) in [5, 5.41) is 13.9. The number of nitrogens with one attached hydrogen (secondary N) is 4. The second kappa shape index (κ2) is 10.3. The fourth-order valence-corrected chi connectivity index (χ4v) is 5.22. The average Bonchev–Trinajstić information content (AvgIpc) is 3.62. The van der Waals surface area contributed by atoms with Gasteiger partial charge in [0.05, 0.1) is 28.6 Å². The summed E-state index contributed by atoms with van der Waals surface area (Å²) in [6.45, 7) is 1.94. The van der Waals surface area contributed by atoms with Crippen LogP contribution in [0.4, 0.5) is 5.69 Å². The molecule has 0 saturated carbocycles. The van der Waals surface area contributed by atoms with Crippen LogP contribution in [-0.4, -0.2) is 59.1 Å². The molecular formula is C29H26N10O. The van der Waals surface area contributed by atoms with Crippen molar-refractivity contribution < 1.29 is 4.79 Å². The van der Waals surface area contributed by atoms with Gasteiger partial charge >= 0.3 is 0 Å². The van der Waals surface area contributed by atoms with E-state index in [0.717, 1.165) is 53.7 Å². The summed E-state index contributed by atoms with van der Waals surface area (Å²) in [4.78, 5) is 38.7. The van der Waals surface area contributed by atoms with Gasteiger partial charge in [0, 0.05) is 47.9 Å². The number of H-pyrrole nitrogens is 2. The number of carbonyl (C=O) groups excluding carboxylic acids is 1. The average molecular weight is 531 g/mol. The lowest BCUT2D eigenvalue weighted by atomic mass is 9.94. The van der Waals surface area contributed by atoms with Crippen molar-refractivity contribution in [3.05, 3.63) is 67.4 Å². The van der Waals surface area contributed by atoms with Gasteiger partial charge in [-0.15, -0.1) is 0 Å². The molecular weight excluding hydrogens is 504 g/mol. The van der Waals surface area contributed by atoms with Gasteiger partial charge in [0.1, 0.15) is 5.52 Å². The lowest BCUT2D eigenvalue weighted by molar-refractivity contribution is -0.117. The number of pyridine rings is 4. The molecule has 1 saturated heterocycles. The molecule has 6 aromatic rings. The first-order chi connectivity index (χ1) is 19.7. The van der Waals surface area contributed by atoms with Crippen LogP contribution in [0, 0.1) is 5.92 Å². The highest BCUT2D eigenvalue weighted by Crippen LogP contribution is 2.31. The molecule has 1 aliphatic rings. The molecule has 11 heteroatoms. The Hall–Kier alpha value is -5.03. The van der Waals surface area contributed by atoms with Crippen LogP contribution in [0.3, 0.4) is 0 Å². The molecule has 1 fully saturated rings. The number of nitrogens with zero attached hydrogens (tertiary/aromatic N) is 6. The molecule has 0 aliphatic carbocycles. The SMILES string of the molecule is O=C(CC1CCNCC1)Nc1cncc(-c2ccc3[nH]nc(-c4nc5nccc(-c6cccnc6)c5[nH]4)c3n2)c1. The molecule has 7 heterocycles. The first-order valence-corrected chi connectivity index (χ1v) is 13.3. The van der Waals surface area contributed by atoms with Crippen molar-refractivity contribution in [1.29, 1.82) is 0 Å². The van der Waals surface area contributed by atoms with Crippen molar-refractivity contribution in [1.82, 2.24) is 45.4 Å². The Morgan fingerprint density at radius 2 is 1.88 bits per heavy atom. The molecule has 7 rings (SSSR count). The first kappa shape index (κ1) is 24.0. The number of rotatable bonds is 6. The maximum atomic E-state index is 12.7. The van der Waals surface area contributed by atoms with Gasteiger partial charge in [-0.3, -0.25) is 19.9 Å².